The Hall–Kier alpha value is -4.44. The molecule has 0 N–H and O–H groups in total. The van der Waals surface area contributed by atoms with E-state index in [0.717, 1.165) is 59.0 Å². The lowest BCUT2D eigenvalue weighted by Crippen LogP contribution is -2.47. The summed E-state index contributed by atoms with van der Waals surface area (Å²) in [7, 11) is 3.34. The lowest BCUT2D eigenvalue weighted by molar-refractivity contribution is -0.127. The number of methoxy groups -OCH3 is 2. The van der Waals surface area contributed by atoms with Crippen molar-refractivity contribution in [3.8, 4) is 23.1 Å². The zero-order chi connectivity index (χ0) is 33.0. The van der Waals surface area contributed by atoms with Crippen LogP contribution in [0.4, 0.5) is 0 Å². The number of rotatable bonds is 13. The van der Waals surface area contributed by atoms with Gasteiger partial charge in [0.05, 0.1) is 19.9 Å². The van der Waals surface area contributed by atoms with Gasteiger partial charge >= 0.3 is 0 Å². The van der Waals surface area contributed by atoms with Crippen molar-refractivity contribution in [2.24, 2.45) is 0 Å². The Morgan fingerprint density at radius 1 is 0.812 bits per heavy atom. The van der Waals surface area contributed by atoms with Crippen molar-refractivity contribution >= 4 is 35.0 Å². The van der Waals surface area contributed by atoms with Crippen LogP contribution in [0.15, 0.2) is 91.1 Å². The fourth-order valence-corrected chi connectivity index (χ4v) is 5.42. The molecular formula is C39H44BrN3O5. The molecule has 0 saturated carbocycles. The van der Waals surface area contributed by atoms with E-state index >= 15 is 0 Å². The van der Waals surface area contributed by atoms with Crippen molar-refractivity contribution in [2.45, 2.75) is 27.0 Å². The number of benzene rings is 3. The van der Waals surface area contributed by atoms with Gasteiger partial charge in [-0.25, -0.2) is 4.98 Å². The predicted molar refractivity (Wildman–Crippen MR) is 196 cm³/mol. The first-order chi connectivity index (χ1) is 22.9. The molecule has 252 valence electrons. The first-order valence-electron chi connectivity index (χ1n) is 15.8. The molecule has 0 spiro atoms. The lowest BCUT2D eigenvalue weighted by atomic mass is 10.1. The molecule has 48 heavy (non-hydrogen) atoms. The minimum atomic E-state index is 0. The summed E-state index contributed by atoms with van der Waals surface area (Å²) in [6.45, 7) is 9.05. The van der Waals surface area contributed by atoms with Crippen LogP contribution in [0, 0.1) is 13.8 Å². The molecule has 0 unspecified atom stereocenters. The van der Waals surface area contributed by atoms with Gasteiger partial charge in [0.1, 0.15) is 23.9 Å². The van der Waals surface area contributed by atoms with Gasteiger partial charge in [0, 0.05) is 52.0 Å². The monoisotopic (exact) mass is 713 g/mol. The summed E-state index contributed by atoms with van der Waals surface area (Å²) in [5.74, 6) is 2.74. The highest BCUT2D eigenvalue weighted by atomic mass is 79.9. The number of hydrogen-bond acceptors (Lipinski definition) is 7. The highest BCUT2D eigenvalue weighted by molar-refractivity contribution is 8.93. The number of carbonyl (C=O) groups is 1. The molecular weight excluding hydrogens is 670 g/mol. The van der Waals surface area contributed by atoms with Gasteiger partial charge in [0.2, 0.25) is 11.8 Å². The first-order valence-corrected chi connectivity index (χ1v) is 15.8. The topological polar surface area (TPSA) is 73.4 Å². The van der Waals surface area contributed by atoms with Crippen LogP contribution < -0.4 is 14.2 Å². The third kappa shape index (κ3) is 10.5. The fourth-order valence-electron chi connectivity index (χ4n) is 5.42. The summed E-state index contributed by atoms with van der Waals surface area (Å²) < 4.78 is 22.3. The summed E-state index contributed by atoms with van der Waals surface area (Å²) in [4.78, 5) is 21.7. The largest absolute Gasteiger partial charge is 0.497 e. The lowest BCUT2D eigenvalue weighted by Gasteiger charge is -2.34. The van der Waals surface area contributed by atoms with Crippen LogP contribution in [0.5, 0.6) is 23.1 Å². The number of halogens is 1. The summed E-state index contributed by atoms with van der Waals surface area (Å²) in [6, 6.07) is 24.0. The van der Waals surface area contributed by atoms with E-state index in [9.17, 15) is 4.79 Å². The molecule has 1 aliphatic heterocycles. The van der Waals surface area contributed by atoms with E-state index in [4.69, 9.17) is 18.9 Å². The zero-order valence-corrected chi connectivity index (χ0v) is 29.8. The molecule has 4 aromatic rings. The van der Waals surface area contributed by atoms with Crippen LogP contribution in [0.25, 0.3) is 12.2 Å². The number of amides is 1. The number of aryl methyl sites for hydroxylation is 2. The van der Waals surface area contributed by atoms with Crippen molar-refractivity contribution in [3.63, 3.8) is 0 Å². The van der Waals surface area contributed by atoms with Crippen molar-refractivity contribution < 1.29 is 23.7 Å². The Kier molecular flexibility index (Phi) is 13.8. The standard InChI is InChI=1S/C39H43N3O5.BrH/c1-29-24-34(13-18-38(43)42-21-19-41(20-22-42)27-32-9-7-31(8-10-32)6-5-23-44-3)25-30(2)39(29)47-37-17-16-36(26-40-37)46-28-33-11-14-35(45-4)15-12-33;/h5-18,24-26H,19-23,27-28H2,1-4H3;1H. The minimum absolute atomic E-state index is 0. The van der Waals surface area contributed by atoms with Gasteiger partial charge in [-0.2, -0.15) is 0 Å². The molecule has 2 heterocycles. The molecule has 1 aromatic heterocycles. The van der Waals surface area contributed by atoms with E-state index in [1.54, 1.807) is 32.6 Å². The second kappa shape index (κ2) is 18.2. The van der Waals surface area contributed by atoms with Gasteiger partial charge in [-0.3, -0.25) is 9.69 Å². The van der Waals surface area contributed by atoms with Gasteiger partial charge in [-0.05, 0) is 83.6 Å². The Labute approximate surface area is 294 Å². The summed E-state index contributed by atoms with van der Waals surface area (Å²) >= 11 is 0. The SMILES string of the molecule is Br.COCC=Cc1ccc(CN2CCN(C(=O)C=Cc3cc(C)c(Oc4ccc(OCc5ccc(OC)cc5)cn4)c(C)c3)CC2)cc1. The number of piperazine rings is 1. The maximum Gasteiger partial charge on any atom is 0.246 e. The summed E-state index contributed by atoms with van der Waals surface area (Å²) in [5, 5.41) is 0. The Bertz CT molecular complexity index is 1640. The molecule has 9 heteroatoms. The average Bonchev–Trinajstić information content (AvgIpc) is 3.10. The van der Waals surface area contributed by atoms with Crippen LogP contribution >= 0.6 is 17.0 Å². The minimum Gasteiger partial charge on any atom is -0.497 e. The molecule has 1 aliphatic rings. The smallest absolute Gasteiger partial charge is 0.246 e. The Morgan fingerprint density at radius 2 is 1.48 bits per heavy atom. The molecule has 0 aliphatic carbocycles. The normalized spacial score (nSPS) is 13.5. The number of pyridine rings is 1. The number of aromatic nitrogens is 1. The van der Waals surface area contributed by atoms with Gasteiger partial charge in [-0.1, -0.05) is 48.6 Å². The molecule has 1 amide bonds. The molecule has 0 atom stereocenters. The van der Waals surface area contributed by atoms with Crippen molar-refractivity contribution in [1.82, 2.24) is 14.8 Å². The van der Waals surface area contributed by atoms with Gasteiger partial charge in [0.15, 0.2) is 0 Å². The van der Waals surface area contributed by atoms with Crippen LogP contribution in [0.2, 0.25) is 0 Å². The van der Waals surface area contributed by atoms with E-state index in [-0.39, 0.29) is 22.9 Å². The fraction of sp³-hybridized carbons (Fsp3) is 0.282. The Morgan fingerprint density at radius 3 is 2.10 bits per heavy atom. The van der Waals surface area contributed by atoms with E-state index in [1.807, 2.05) is 73.4 Å². The molecule has 8 nitrogen and oxygen atoms in total. The van der Waals surface area contributed by atoms with Crippen molar-refractivity contribution in [2.75, 3.05) is 47.0 Å². The first kappa shape index (κ1) is 36.4. The second-order valence-electron chi connectivity index (χ2n) is 11.6. The average molecular weight is 715 g/mol. The van der Waals surface area contributed by atoms with E-state index in [1.165, 1.54) is 5.56 Å². The van der Waals surface area contributed by atoms with Crippen LogP contribution in [-0.2, 0) is 22.7 Å². The molecule has 0 radical (unpaired) electrons. The number of nitrogens with zero attached hydrogens (tertiary/aromatic N) is 3. The highest BCUT2D eigenvalue weighted by Crippen LogP contribution is 2.30. The van der Waals surface area contributed by atoms with Crippen LogP contribution in [0.3, 0.4) is 0 Å². The molecule has 3 aromatic carbocycles. The Balaban J connectivity index is 0.00000520. The molecule has 0 bridgehead atoms. The molecule has 5 rings (SSSR count). The number of hydrogen-bond donors (Lipinski definition) is 0. The maximum atomic E-state index is 13.0. The second-order valence-corrected chi connectivity index (χ2v) is 11.6. The summed E-state index contributed by atoms with van der Waals surface area (Å²) in [6.07, 6.45) is 9.29. The van der Waals surface area contributed by atoms with Crippen LogP contribution in [-0.4, -0.2) is 67.7 Å². The van der Waals surface area contributed by atoms with Crippen molar-refractivity contribution in [1.29, 1.82) is 0 Å². The summed E-state index contributed by atoms with van der Waals surface area (Å²) in [5.41, 5.74) is 6.36. The van der Waals surface area contributed by atoms with Gasteiger partial charge < -0.3 is 23.8 Å². The zero-order valence-electron chi connectivity index (χ0n) is 28.1. The molecule has 1 saturated heterocycles. The van der Waals surface area contributed by atoms with Crippen LogP contribution in [0.1, 0.15) is 33.4 Å². The van der Waals surface area contributed by atoms with Gasteiger partial charge in [-0.15, -0.1) is 17.0 Å². The maximum absolute atomic E-state index is 13.0. The van der Waals surface area contributed by atoms with Crippen molar-refractivity contribution in [3.05, 3.63) is 125 Å². The third-order valence-corrected chi connectivity index (χ3v) is 8.02. The van der Waals surface area contributed by atoms with E-state index < -0.39 is 0 Å². The highest BCUT2D eigenvalue weighted by Gasteiger charge is 2.20. The van der Waals surface area contributed by atoms with Gasteiger partial charge in [0.25, 0.3) is 0 Å². The van der Waals surface area contributed by atoms with E-state index in [2.05, 4.69) is 40.2 Å². The third-order valence-electron chi connectivity index (χ3n) is 8.02. The number of carbonyl (C=O) groups excluding carboxylic acids is 1. The predicted octanol–water partition coefficient (Wildman–Crippen LogP) is 7.67. The van der Waals surface area contributed by atoms with E-state index in [0.29, 0.717) is 37.9 Å². The number of ether oxygens (including phenoxy) is 4. The molecule has 1 fully saturated rings. The quantitative estimate of drug-likeness (QED) is 0.132.